The summed E-state index contributed by atoms with van der Waals surface area (Å²) in [6.07, 6.45) is 5.08. The van der Waals surface area contributed by atoms with Gasteiger partial charge in [0.2, 0.25) is 0 Å². The summed E-state index contributed by atoms with van der Waals surface area (Å²) in [4.78, 5) is 19.1. The fourth-order valence-electron chi connectivity index (χ4n) is 3.79. The Kier molecular flexibility index (Phi) is 3.33. The van der Waals surface area contributed by atoms with Crippen molar-refractivity contribution in [3.63, 3.8) is 0 Å². The van der Waals surface area contributed by atoms with Crippen LogP contribution in [-0.2, 0) is 4.74 Å². The minimum atomic E-state index is -0.144. The minimum Gasteiger partial charge on any atom is -0.493 e. The van der Waals surface area contributed by atoms with Crippen LogP contribution in [0.3, 0.4) is 0 Å². The predicted molar refractivity (Wildman–Crippen MR) is 89.4 cm³/mol. The Morgan fingerprint density at radius 3 is 2.78 bits per heavy atom. The summed E-state index contributed by atoms with van der Waals surface area (Å²) in [7, 11) is 0. The summed E-state index contributed by atoms with van der Waals surface area (Å²) >= 11 is 0. The average Bonchev–Trinajstić information content (AvgIpc) is 3.03. The van der Waals surface area contributed by atoms with Gasteiger partial charge in [-0.2, -0.15) is 4.99 Å². The largest absolute Gasteiger partial charge is 0.493 e. The van der Waals surface area contributed by atoms with E-state index in [4.69, 9.17) is 4.74 Å². The Morgan fingerprint density at radius 2 is 2.04 bits per heavy atom. The Morgan fingerprint density at radius 1 is 1.26 bits per heavy atom. The van der Waals surface area contributed by atoms with E-state index in [0.29, 0.717) is 6.61 Å². The number of fused-ring (bicyclic) bond motifs is 2. The molecule has 2 unspecified atom stereocenters. The van der Waals surface area contributed by atoms with Crippen LogP contribution in [0, 0.1) is 5.92 Å². The van der Waals surface area contributed by atoms with Crippen LogP contribution in [0.5, 0.6) is 0 Å². The maximum absolute atomic E-state index is 12.7. The van der Waals surface area contributed by atoms with Crippen molar-refractivity contribution in [3.05, 3.63) is 59.4 Å². The lowest BCUT2D eigenvalue weighted by atomic mass is 9.79. The standard InChI is InChI=1S/C19H20N2O2/c1-12(2)21-18-14-10-11-23-16(14)9-8-15(18)17(20-19(21)22)13-6-4-3-5-7-13/h3-9,12,15,18H,10-11H2,1-2H3. The van der Waals surface area contributed by atoms with Gasteiger partial charge in [0.05, 0.1) is 18.4 Å². The number of nitrogens with zero attached hydrogens (tertiary/aromatic N) is 2. The van der Waals surface area contributed by atoms with Crippen LogP contribution in [0.25, 0.3) is 0 Å². The first-order chi connectivity index (χ1) is 11.2. The molecule has 0 radical (unpaired) electrons. The van der Waals surface area contributed by atoms with Gasteiger partial charge in [0.25, 0.3) is 0 Å². The molecule has 2 heterocycles. The number of allylic oxidation sites excluding steroid dienone is 1. The maximum Gasteiger partial charge on any atom is 0.344 e. The van der Waals surface area contributed by atoms with Gasteiger partial charge in [-0.15, -0.1) is 0 Å². The van der Waals surface area contributed by atoms with E-state index in [0.717, 1.165) is 23.5 Å². The van der Waals surface area contributed by atoms with E-state index in [1.54, 1.807) is 0 Å². The third-order valence-corrected chi connectivity index (χ3v) is 4.78. The molecule has 0 N–H and O–H groups in total. The highest BCUT2D eigenvalue weighted by Crippen LogP contribution is 2.39. The summed E-state index contributed by atoms with van der Waals surface area (Å²) in [6, 6.07) is 10.00. The number of aliphatic imine (C=N–C) groups is 1. The van der Waals surface area contributed by atoms with Crippen LogP contribution in [0.1, 0.15) is 25.8 Å². The van der Waals surface area contributed by atoms with Gasteiger partial charge in [0.15, 0.2) is 0 Å². The van der Waals surface area contributed by atoms with Crippen molar-refractivity contribution in [1.82, 2.24) is 4.90 Å². The molecule has 3 aliphatic rings. The molecule has 23 heavy (non-hydrogen) atoms. The lowest BCUT2D eigenvalue weighted by Crippen LogP contribution is -2.54. The molecule has 1 aliphatic carbocycles. The quantitative estimate of drug-likeness (QED) is 0.838. The van der Waals surface area contributed by atoms with E-state index in [-0.39, 0.29) is 24.0 Å². The van der Waals surface area contributed by atoms with Crippen molar-refractivity contribution in [1.29, 1.82) is 0 Å². The van der Waals surface area contributed by atoms with Gasteiger partial charge >= 0.3 is 6.03 Å². The fourth-order valence-corrected chi connectivity index (χ4v) is 3.79. The molecule has 2 amide bonds. The number of carbonyl (C=O) groups excluding carboxylic acids is 1. The van der Waals surface area contributed by atoms with Crippen LogP contribution >= 0.6 is 0 Å². The lowest BCUT2D eigenvalue weighted by Gasteiger charge is -2.43. The molecule has 2 atom stereocenters. The van der Waals surface area contributed by atoms with Crippen LogP contribution in [0.4, 0.5) is 4.79 Å². The molecule has 0 saturated heterocycles. The lowest BCUT2D eigenvalue weighted by molar-refractivity contribution is 0.160. The topological polar surface area (TPSA) is 41.9 Å². The third-order valence-electron chi connectivity index (χ3n) is 4.78. The van der Waals surface area contributed by atoms with E-state index in [2.05, 4.69) is 17.1 Å². The molecule has 0 bridgehead atoms. The second-order valence-corrected chi connectivity index (χ2v) is 6.46. The number of rotatable bonds is 2. The fraction of sp³-hybridized carbons (Fsp3) is 0.368. The molecule has 0 aromatic heterocycles. The molecule has 0 saturated carbocycles. The van der Waals surface area contributed by atoms with Crippen molar-refractivity contribution >= 4 is 11.7 Å². The van der Waals surface area contributed by atoms with Crippen molar-refractivity contribution in [3.8, 4) is 0 Å². The van der Waals surface area contributed by atoms with Crippen molar-refractivity contribution in [2.75, 3.05) is 6.61 Å². The molecule has 4 heteroatoms. The summed E-state index contributed by atoms with van der Waals surface area (Å²) < 4.78 is 5.73. The number of ether oxygens (including phenoxy) is 1. The summed E-state index contributed by atoms with van der Waals surface area (Å²) in [5, 5.41) is 0. The highest BCUT2D eigenvalue weighted by molar-refractivity contribution is 6.11. The van der Waals surface area contributed by atoms with Gasteiger partial charge in [-0.1, -0.05) is 36.4 Å². The second kappa shape index (κ2) is 5.37. The number of hydrogen-bond acceptors (Lipinski definition) is 2. The first kappa shape index (κ1) is 14.2. The number of hydrogen-bond donors (Lipinski definition) is 0. The molecular formula is C19H20N2O2. The van der Waals surface area contributed by atoms with Crippen molar-refractivity contribution in [2.24, 2.45) is 10.9 Å². The number of urea groups is 1. The van der Waals surface area contributed by atoms with Crippen LogP contribution < -0.4 is 0 Å². The van der Waals surface area contributed by atoms with Gasteiger partial charge in [0, 0.05) is 18.4 Å². The molecule has 0 fully saturated rings. The molecule has 4 nitrogen and oxygen atoms in total. The highest BCUT2D eigenvalue weighted by atomic mass is 16.5. The molecule has 1 aromatic rings. The number of benzene rings is 1. The maximum atomic E-state index is 12.7. The molecule has 4 rings (SSSR count). The van der Waals surface area contributed by atoms with E-state index in [9.17, 15) is 4.79 Å². The molecule has 0 spiro atoms. The van der Waals surface area contributed by atoms with Gasteiger partial charge in [-0.3, -0.25) is 0 Å². The van der Waals surface area contributed by atoms with Crippen molar-refractivity contribution in [2.45, 2.75) is 32.4 Å². The van der Waals surface area contributed by atoms with Gasteiger partial charge in [-0.05, 0) is 31.1 Å². The molecule has 1 aromatic carbocycles. The summed E-state index contributed by atoms with van der Waals surface area (Å²) in [6.45, 7) is 4.80. The second-order valence-electron chi connectivity index (χ2n) is 6.46. The Hall–Kier alpha value is -2.36. The first-order valence-corrected chi connectivity index (χ1v) is 8.17. The third kappa shape index (κ3) is 2.21. The van der Waals surface area contributed by atoms with Gasteiger partial charge in [0.1, 0.15) is 5.76 Å². The zero-order chi connectivity index (χ0) is 16.0. The average molecular weight is 308 g/mol. The number of carbonyl (C=O) groups is 1. The zero-order valence-electron chi connectivity index (χ0n) is 13.4. The molecular weight excluding hydrogens is 288 g/mol. The predicted octanol–water partition coefficient (Wildman–Crippen LogP) is 3.55. The summed E-state index contributed by atoms with van der Waals surface area (Å²) in [5.41, 5.74) is 3.13. The SMILES string of the molecule is CC(C)N1C(=O)N=C(c2ccccc2)C2C=CC3=C(CCO3)C21. The Balaban J connectivity index is 1.84. The van der Waals surface area contributed by atoms with Crippen molar-refractivity contribution < 1.29 is 9.53 Å². The molecule has 118 valence electrons. The van der Waals surface area contributed by atoms with E-state index >= 15 is 0 Å². The number of amides is 2. The zero-order valence-corrected chi connectivity index (χ0v) is 13.4. The van der Waals surface area contributed by atoms with E-state index in [1.165, 1.54) is 5.57 Å². The van der Waals surface area contributed by atoms with Gasteiger partial charge < -0.3 is 9.64 Å². The Bertz CT molecular complexity index is 731. The highest BCUT2D eigenvalue weighted by Gasteiger charge is 2.44. The Labute approximate surface area is 136 Å². The smallest absolute Gasteiger partial charge is 0.344 e. The van der Waals surface area contributed by atoms with Crippen LogP contribution in [0.15, 0.2) is 58.8 Å². The molecule has 2 aliphatic heterocycles. The van der Waals surface area contributed by atoms with Crippen LogP contribution in [0.2, 0.25) is 0 Å². The summed E-state index contributed by atoms with van der Waals surface area (Å²) in [5.74, 6) is 1.04. The minimum absolute atomic E-state index is 0.0257. The first-order valence-electron chi connectivity index (χ1n) is 8.17. The van der Waals surface area contributed by atoms with Gasteiger partial charge in [-0.25, -0.2) is 4.79 Å². The van der Waals surface area contributed by atoms with E-state index in [1.807, 2.05) is 49.1 Å². The normalized spacial score (nSPS) is 26.1. The monoisotopic (exact) mass is 308 g/mol. The van der Waals surface area contributed by atoms with E-state index < -0.39 is 0 Å². The van der Waals surface area contributed by atoms with Crippen LogP contribution in [-0.4, -0.2) is 35.3 Å².